The number of halogens is 1. The minimum Gasteiger partial charge on any atom is -0.335 e. The molecule has 1 aliphatic heterocycles. The molecule has 4 nitrogen and oxygen atoms in total. The summed E-state index contributed by atoms with van der Waals surface area (Å²) in [7, 11) is 0. The number of piperidine rings is 1. The molecule has 4 rings (SSSR count). The van der Waals surface area contributed by atoms with Crippen LogP contribution in [0.5, 0.6) is 0 Å². The number of hydrogen-bond donors (Lipinski definition) is 2. The van der Waals surface area contributed by atoms with Gasteiger partial charge < -0.3 is 15.5 Å². The van der Waals surface area contributed by atoms with E-state index in [1.165, 1.54) is 37.7 Å². The van der Waals surface area contributed by atoms with Gasteiger partial charge in [-0.2, -0.15) is 0 Å². The standard InChI is InChI=1S/C27H36FN3O/c1-20-5-4-7-25(17-20)29-27(32)30-26-8-3-2-6-23(26)19-31-15-13-22(14-16-31)18-21-9-11-24(28)12-10-21/h4-5,7,9-12,17,22-23,26H,2-3,6,8,13-16,18-19H2,1H3,(H2,29,30,32)/t23-,26+/m0/s1. The van der Waals surface area contributed by atoms with E-state index in [2.05, 4.69) is 15.5 Å². The molecule has 2 aliphatic rings. The van der Waals surface area contributed by atoms with Crippen molar-refractivity contribution < 1.29 is 9.18 Å². The number of hydrogen-bond acceptors (Lipinski definition) is 2. The average Bonchev–Trinajstić information content (AvgIpc) is 2.78. The third-order valence-corrected chi connectivity index (χ3v) is 7.14. The molecule has 2 N–H and O–H groups in total. The number of aryl methyl sites for hydroxylation is 1. The fraction of sp³-hybridized carbons (Fsp3) is 0.519. The van der Waals surface area contributed by atoms with Crippen molar-refractivity contribution in [2.24, 2.45) is 11.8 Å². The Labute approximate surface area is 191 Å². The summed E-state index contributed by atoms with van der Waals surface area (Å²) in [5.74, 6) is 1.03. The lowest BCUT2D eigenvalue weighted by Crippen LogP contribution is -2.48. The van der Waals surface area contributed by atoms with Gasteiger partial charge in [-0.3, -0.25) is 0 Å². The lowest BCUT2D eigenvalue weighted by atomic mass is 9.83. The first kappa shape index (κ1) is 22.8. The molecule has 0 radical (unpaired) electrons. The van der Waals surface area contributed by atoms with E-state index in [9.17, 15) is 9.18 Å². The van der Waals surface area contributed by atoms with E-state index in [1.54, 1.807) is 12.1 Å². The number of likely N-dealkylation sites (tertiary alicyclic amines) is 1. The summed E-state index contributed by atoms with van der Waals surface area (Å²) in [4.78, 5) is 15.2. The topological polar surface area (TPSA) is 44.4 Å². The molecule has 32 heavy (non-hydrogen) atoms. The van der Waals surface area contributed by atoms with Gasteiger partial charge in [0.15, 0.2) is 0 Å². The summed E-state index contributed by atoms with van der Waals surface area (Å²) in [5, 5.41) is 6.26. The number of urea groups is 1. The fourth-order valence-electron chi connectivity index (χ4n) is 5.33. The van der Waals surface area contributed by atoms with Gasteiger partial charge in [-0.25, -0.2) is 9.18 Å². The molecule has 2 fully saturated rings. The van der Waals surface area contributed by atoms with Gasteiger partial charge in [0.1, 0.15) is 5.82 Å². The maximum atomic E-state index is 13.1. The maximum Gasteiger partial charge on any atom is 0.319 e. The van der Waals surface area contributed by atoms with E-state index in [-0.39, 0.29) is 17.9 Å². The van der Waals surface area contributed by atoms with E-state index >= 15 is 0 Å². The number of amides is 2. The van der Waals surface area contributed by atoms with E-state index in [0.717, 1.165) is 43.7 Å². The molecule has 1 saturated heterocycles. The monoisotopic (exact) mass is 437 g/mol. The highest BCUT2D eigenvalue weighted by molar-refractivity contribution is 5.89. The molecule has 0 unspecified atom stereocenters. The largest absolute Gasteiger partial charge is 0.335 e. The number of nitrogens with zero attached hydrogens (tertiary/aromatic N) is 1. The summed E-state index contributed by atoms with van der Waals surface area (Å²) in [5.41, 5.74) is 3.22. The SMILES string of the molecule is Cc1cccc(NC(=O)N[C@@H]2CCCC[C@H]2CN2CCC(Cc3ccc(F)cc3)CC2)c1. The molecule has 0 aromatic heterocycles. The van der Waals surface area contributed by atoms with Crippen LogP contribution in [0, 0.1) is 24.6 Å². The van der Waals surface area contributed by atoms with Gasteiger partial charge in [-0.1, -0.05) is 37.1 Å². The summed E-state index contributed by atoms with van der Waals surface area (Å²) in [6.07, 6.45) is 8.11. The zero-order valence-corrected chi connectivity index (χ0v) is 19.2. The summed E-state index contributed by atoms with van der Waals surface area (Å²) in [6.45, 7) is 5.33. The molecule has 0 bridgehead atoms. The Morgan fingerprint density at radius 2 is 1.78 bits per heavy atom. The summed E-state index contributed by atoms with van der Waals surface area (Å²) < 4.78 is 13.1. The molecule has 1 aliphatic carbocycles. The first-order valence-corrected chi connectivity index (χ1v) is 12.2. The minimum absolute atomic E-state index is 0.0921. The van der Waals surface area contributed by atoms with Crippen molar-refractivity contribution >= 4 is 11.7 Å². The molecule has 1 saturated carbocycles. The third kappa shape index (κ3) is 6.55. The Kier molecular flexibility index (Phi) is 7.80. The predicted molar refractivity (Wildman–Crippen MR) is 128 cm³/mol. The van der Waals surface area contributed by atoms with Crippen LogP contribution in [0.3, 0.4) is 0 Å². The number of anilines is 1. The van der Waals surface area contributed by atoms with Crippen LogP contribution in [0.1, 0.15) is 49.7 Å². The Balaban J connectivity index is 1.24. The van der Waals surface area contributed by atoms with E-state index in [0.29, 0.717) is 11.8 Å². The molecule has 172 valence electrons. The van der Waals surface area contributed by atoms with Gasteiger partial charge in [-0.15, -0.1) is 0 Å². The highest BCUT2D eigenvalue weighted by atomic mass is 19.1. The molecule has 1 heterocycles. The van der Waals surface area contributed by atoms with Crippen LogP contribution in [0.25, 0.3) is 0 Å². The second-order valence-corrected chi connectivity index (χ2v) is 9.69. The van der Waals surface area contributed by atoms with Crippen molar-refractivity contribution in [3.05, 3.63) is 65.5 Å². The molecule has 2 aromatic carbocycles. The van der Waals surface area contributed by atoms with E-state index in [4.69, 9.17) is 0 Å². The number of nitrogens with one attached hydrogen (secondary N) is 2. The Morgan fingerprint density at radius 1 is 1.03 bits per heavy atom. The highest BCUT2D eigenvalue weighted by Gasteiger charge is 2.29. The Bertz CT molecular complexity index is 877. The predicted octanol–water partition coefficient (Wildman–Crippen LogP) is 5.77. The number of rotatable bonds is 6. The summed E-state index contributed by atoms with van der Waals surface area (Å²) in [6, 6.07) is 15.0. The van der Waals surface area contributed by atoms with Gasteiger partial charge in [0.05, 0.1) is 0 Å². The molecular weight excluding hydrogens is 401 g/mol. The summed E-state index contributed by atoms with van der Waals surface area (Å²) >= 11 is 0. The van der Waals surface area contributed by atoms with Crippen molar-refractivity contribution in [2.45, 2.75) is 57.9 Å². The number of carbonyl (C=O) groups is 1. The molecule has 2 aromatic rings. The first-order chi connectivity index (χ1) is 15.5. The van der Waals surface area contributed by atoms with E-state index < -0.39 is 0 Å². The van der Waals surface area contributed by atoms with Gasteiger partial charge in [0.2, 0.25) is 0 Å². The zero-order valence-electron chi connectivity index (χ0n) is 19.2. The highest BCUT2D eigenvalue weighted by Crippen LogP contribution is 2.28. The molecule has 2 atom stereocenters. The third-order valence-electron chi connectivity index (χ3n) is 7.14. The van der Waals surface area contributed by atoms with Crippen molar-refractivity contribution in [2.75, 3.05) is 25.0 Å². The van der Waals surface area contributed by atoms with Gasteiger partial charge in [0.25, 0.3) is 0 Å². The van der Waals surface area contributed by atoms with Crippen LogP contribution < -0.4 is 10.6 Å². The van der Waals surface area contributed by atoms with Crippen LogP contribution in [0.15, 0.2) is 48.5 Å². The van der Waals surface area contributed by atoms with Crippen molar-refractivity contribution in [1.29, 1.82) is 0 Å². The fourth-order valence-corrected chi connectivity index (χ4v) is 5.33. The zero-order chi connectivity index (χ0) is 22.3. The van der Waals surface area contributed by atoms with Crippen LogP contribution >= 0.6 is 0 Å². The van der Waals surface area contributed by atoms with Crippen LogP contribution in [0.2, 0.25) is 0 Å². The van der Waals surface area contributed by atoms with Gasteiger partial charge in [-0.05, 0) is 99.3 Å². The number of benzene rings is 2. The van der Waals surface area contributed by atoms with Gasteiger partial charge in [0, 0.05) is 18.3 Å². The van der Waals surface area contributed by atoms with Crippen LogP contribution in [-0.2, 0) is 6.42 Å². The van der Waals surface area contributed by atoms with Gasteiger partial charge >= 0.3 is 6.03 Å². The van der Waals surface area contributed by atoms with Crippen molar-refractivity contribution in [1.82, 2.24) is 10.2 Å². The van der Waals surface area contributed by atoms with E-state index in [1.807, 2.05) is 43.3 Å². The molecular formula is C27H36FN3O. The van der Waals surface area contributed by atoms with Crippen molar-refractivity contribution in [3.63, 3.8) is 0 Å². The lowest BCUT2D eigenvalue weighted by Gasteiger charge is -2.39. The molecule has 2 amide bonds. The molecule has 0 spiro atoms. The second kappa shape index (κ2) is 11.0. The second-order valence-electron chi connectivity index (χ2n) is 9.69. The Hall–Kier alpha value is -2.40. The lowest BCUT2D eigenvalue weighted by molar-refractivity contribution is 0.130. The minimum atomic E-state index is -0.160. The van der Waals surface area contributed by atoms with Crippen LogP contribution in [0.4, 0.5) is 14.9 Å². The maximum absolute atomic E-state index is 13.1. The number of carbonyl (C=O) groups excluding carboxylic acids is 1. The average molecular weight is 438 g/mol. The van der Waals surface area contributed by atoms with Crippen LogP contribution in [-0.4, -0.2) is 36.6 Å². The Morgan fingerprint density at radius 3 is 2.53 bits per heavy atom. The van der Waals surface area contributed by atoms with Crippen molar-refractivity contribution in [3.8, 4) is 0 Å². The normalized spacial score (nSPS) is 22.4. The molecule has 5 heteroatoms. The first-order valence-electron chi connectivity index (χ1n) is 12.2. The quantitative estimate of drug-likeness (QED) is 0.603. The smallest absolute Gasteiger partial charge is 0.319 e.